The van der Waals surface area contributed by atoms with E-state index in [1.165, 1.54) is 12.1 Å². The Morgan fingerprint density at radius 3 is 1.39 bits per heavy atom. The number of pyridine rings is 1. The molecule has 0 radical (unpaired) electrons. The summed E-state index contributed by atoms with van der Waals surface area (Å²) in [7, 11) is 0. The van der Waals surface area contributed by atoms with E-state index in [-0.39, 0.29) is 79.3 Å². The SMILES string of the molecule is CC.CC.O=C1c2c(Cl)c(Cl)c(Cl)c(Cl)c2C(=O)C1c1ccc2cccc(N3C(=O)c4c(Cl)c(Cl)c(Cl)c(Cl)c4C3=O)c2n1. The first-order valence-electron chi connectivity index (χ1n) is 13.0. The Kier molecular flexibility index (Phi) is 10.5. The number of aromatic nitrogens is 1. The van der Waals surface area contributed by atoms with E-state index >= 15 is 0 Å². The van der Waals surface area contributed by atoms with Gasteiger partial charge in [-0.1, -0.05) is 139 Å². The minimum Gasteiger partial charge on any atom is -0.293 e. The molecular formula is C30H18Cl8N2O4. The Morgan fingerprint density at radius 2 is 0.955 bits per heavy atom. The Bertz CT molecular complexity index is 1850. The summed E-state index contributed by atoms with van der Waals surface area (Å²) in [6.45, 7) is 8.00. The quantitative estimate of drug-likeness (QED) is 0.0881. The summed E-state index contributed by atoms with van der Waals surface area (Å²) in [4.78, 5) is 59.2. The zero-order valence-electron chi connectivity index (χ0n) is 23.0. The van der Waals surface area contributed by atoms with Gasteiger partial charge < -0.3 is 0 Å². The third-order valence-corrected chi connectivity index (χ3v) is 10.2. The van der Waals surface area contributed by atoms with Crippen LogP contribution in [-0.4, -0.2) is 28.4 Å². The molecule has 228 valence electrons. The van der Waals surface area contributed by atoms with E-state index in [1.807, 2.05) is 27.7 Å². The van der Waals surface area contributed by atoms with E-state index < -0.39 is 29.3 Å². The van der Waals surface area contributed by atoms with Crippen LogP contribution in [0.4, 0.5) is 5.69 Å². The summed E-state index contributed by atoms with van der Waals surface area (Å²) in [5.41, 5.74) is -0.562. The van der Waals surface area contributed by atoms with E-state index in [0.717, 1.165) is 4.90 Å². The number of hydrogen-bond donors (Lipinski definition) is 0. The molecule has 2 aliphatic rings. The zero-order chi connectivity index (χ0) is 32.9. The minimum absolute atomic E-state index is 0.0179. The molecule has 6 rings (SSSR count). The number of hydrogen-bond acceptors (Lipinski definition) is 5. The lowest BCUT2D eigenvalue weighted by atomic mass is 9.98. The van der Waals surface area contributed by atoms with Gasteiger partial charge in [-0.25, -0.2) is 9.88 Å². The molecule has 0 unspecified atom stereocenters. The summed E-state index contributed by atoms with van der Waals surface area (Å²) in [5, 5.41) is -1.05. The van der Waals surface area contributed by atoms with Crippen molar-refractivity contribution in [2.45, 2.75) is 33.6 Å². The second-order valence-electron chi connectivity index (χ2n) is 8.70. The molecule has 44 heavy (non-hydrogen) atoms. The Hall–Kier alpha value is -2.13. The number of nitrogens with zero attached hydrogens (tertiary/aromatic N) is 2. The lowest BCUT2D eigenvalue weighted by Crippen LogP contribution is -2.30. The first-order valence-corrected chi connectivity index (χ1v) is 16.0. The Balaban J connectivity index is 0.00000106. The number of ketones is 2. The van der Waals surface area contributed by atoms with Crippen LogP contribution in [0.1, 0.15) is 80.7 Å². The molecule has 4 aromatic rings. The molecule has 2 heterocycles. The average Bonchev–Trinajstić information content (AvgIpc) is 3.45. The predicted molar refractivity (Wildman–Crippen MR) is 180 cm³/mol. The van der Waals surface area contributed by atoms with Crippen LogP contribution in [0, 0.1) is 0 Å². The third kappa shape index (κ3) is 5.08. The fourth-order valence-corrected chi connectivity index (χ4v) is 6.88. The minimum atomic E-state index is -1.43. The molecule has 1 aromatic heterocycles. The fraction of sp³-hybridized carbons (Fsp3) is 0.167. The summed E-state index contributed by atoms with van der Waals surface area (Å²) in [6, 6.07) is 7.78. The molecule has 0 atom stereocenters. The number of halogens is 8. The van der Waals surface area contributed by atoms with Gasteiger partial charge in [-0.05, 0) is 12.1 Å². The van der Waals surface area contributed by atoms with E-state index in [0.29, 0.717) is 5.39 Å². The van der Waals surface area contributed by atoms with Gasteiger partial charge in [-0.2, -0.15) is 0 Å². The van der Waals surface area contributed by atoms with Gasteiger partial charge in [0.05, 0.1) is 79.3 Å². The molecule has 2 amide bonds. The lowest BCUT2D eigenvalue weighted by molar-refractivity contribution is 0.0882. The van der Waals surface area contributed by atoms with Gasteiger partial charge in [0.2, 0.25) is 0 Å². The monoisotopic (exact) mass is 750 g/mol. The van der Waals surface area contributed by atoms with Crippen LogP contribution < -0.4 is 4.90 Å². The van der Waals surface area contributed by atoms with Crippen LogP contribution in [0.25, 0.3) is 10.9 Å². The van der Waals surface area contributed by atoms with Gasteiger partial charge in [0.25, 0.3) is 11.8 Å². The van der Waals surface area contributed by atoms with Crippen LogP contribution in [-0.2, 0) is 0 Å². The summed E-state index contributed by atoms with van der Waals surface area (Å²) < 4.78 is 0. The largest absolute Gasteiger partial charge is 0.293 e. The van der Waals surface area contributed by atoms with Crippen molar-refractivity contribution in [1.29, 1.82) is 0 Å². The number of fused-ring (bicyclic) bond motifs is 3. The number of para-hydroxylation sites is 1. The third-order valence-electron chi connectivity index (χ3n) is 6.64. The number of carbonyl (C=O) groups excluding carboxylic acids is 4. The summed E-state index contributed by atoms with van der Waals surface area (Å²) >= 11 is 49.6. The highest BCUT2D eigenvalue weighted by atomic mass is 35.5. The maximum atomic E-state index is 13.5. The second-order valence-corrected chi connectivity index (χ2v) is 11.7. The number of benzene rings is 3. The number of carbonyl (C=O) groups is 4. The lowest BCUT2D eigenvalue weighted by Gasteiger charge is -2.17. The topological polar surface area (TPSA) is 84.4 Å². The van der Waals surface area contributed by atoms with E-state index in [2.05, 4.69) is 4.98 Å². The van der Waals surface area contributed by atoms with Gasteiger partial charge >= 0.3 is 0 Å². The number of Topliss-reactive ketones (excluding diaryl/α,β-unsaturated/α-hetero) is 2. The Labute approximate surface area is 292 Å². The average molecular weight is 754 g/mol. The fourth-order valence-electron chi connectivity index (χ4n) is 4.83. The van der Waals surface area contributed by atoms with Crippen LogP contribution >= 0.6 is 92.8 Å². The maximum Gasteiger partial charge on any atom is 0.267 e. The molecule has 0 N–H and O–H groups in total. The van der Waals surface area contributed by atoms with Crippen LogP contribution in [0.2, 0.25) is 40.2 Å². The Morgan fingerprint density at radius 1 is 0.545 bits per heavy atom. The number of imide groups is 1. The second kappa shape index (κ2) is 13.3. The predicted octanol–water partition coefficient (Wildman–Crippen LogP) is 11.5. The molecule has 0 spiro atoms. The molecule has 1 aliphatic carbocycles. The van der Waals surface area contributed by atoms with Gasteiger partial charge in [0.15, 0.2) is 11.6 Å². The van der Waals surface area contributed by atoms with Crippen LogP contribution in [0.3, 0.4) is 0 Å². The molecule has 0 saturated heterocycles. The normalized spacial score (nSPS) is 14.0. The van der Waals surface area contributed by atoms with E-state index in [4.69, 9.17) is 92.8 Å². The molecule has 6 nitrogen and oxygen atoms in total. The summed E-state index contributed by atoms with van der Waals surface area (Å²) in [6.07, 6.45) is 0. The molecule has 3 aromatic carbocycles. The zero-order valence-corrected chi connectivity index (χ0v) is 29.1. The van der Waals surface area contributed by atoms with Crippen molar-refractivity contribution in [2.24, 2.45) is 0 Å². The molecule has 14 heteroatoms. The number of anilines is 1. The molecule has 0 bridgehead atoms. The van der Waals surface area contributed by atoms with Gasteiger partial charge in [0.1, 0.15) is 5.92 Å². The van der Waals surface area contributed by atoms with Crippen molar-refractivity contribution in [2.75, 3.05) is 4.90 Å². The van der Waals surface area contributed by atoms with Crippen molar-refractivity contribution >= 4 is 133 Å². The highest BCUT2D eigenvalue weighted by Crippen LogP contribution is 2.49. The van der Waals surface area contributed by atoms with E-state index in [1.54, 1.807) is 18.2 Å². The molecule has 0 fully saturated rings. The smallest absolute Gasteiger partial charge is 0.267 e. The first kappa shape index (κ1) is 34.7. The van der Waals surface area contributed by atoms with Crippen molar-refractivity contribution < 1.29 is 19.2 Å². The van der Waals surface area contributed by atoms with Gasteiger partial charge in [-0.3, -0.25) is 19.2 Å². The molecule has 0 saturated carbocycles. The van der Waals surface area contributed by atoms with Crippen LogP contribution in [0.5, 0.6) is 0 Å². The van der Waals surface area contributed by atoms with Crippen LogP contribution in [0.15, 0.2) is 30.3 Å². The highest BCUT2D eigenvalue weighted by Gasteiger charge is 2.46. The molecule has 1 aliphatic heterocycles. The molecular weight excluding hydrogens is 736 g/mol. The standard InChI is InChI=1S/C26H6Cl8N2O4.2C2H6/c27-14-10-11(15(28)19(32)18(14)31)24(38)9(23(10)37)7-5-4-6-2-1-3-8(22(6)35-7)36-25(39)12-13(26(36)40)17(30)21(34)20(33)16(12)29;2*1-2/h1-5,9H;2*1-2H3. The van der Waals surface area contributed by atoms with E-state index in [9.17, 15) is 19.2 Å². The first-order chi connectivity index (χ1) is 20.9. The number of rotatable bonds is 2. The summed E-state index contributed by atoms with van der Waals surface area (Å²) in [5.74, 6) is -4.42. The van der Waals surface area contributed by atoms with Crippen molar-refractivity contribution in [1.82, 2.24) is 4.98 Å². The van der Waals surface area contributed by atoms with Gasteiger partial charge in [0, 0.05) is 5.39 Å². The van der Waals surface area contributed by atoms with Gasteiger partial charge in [-0.15, -0.1) is 0 Å². The van der Waals surface area contributed by atoms with Crippen molar-refractivity contribution in [3.8, 4) is 0 Å². The van der Waals surface area contributed by atoms with Crippen molar-refractivity contribution in [3.05, 3.63) is 98.5 Å². The number of amides is 2. The maximum absolute atomic E-state index is 13.5. The van der Waals surface area contributed by atoms with Crippen molar-refractivity contribution in [3.63, 3.8) is 0 Å². The highest BCUT2D eigenvalue weighted by molar-refractivity contribution is 6.57.